The van der Waals surface area contributed by atoms with E-state index in [-0.39, 0.29) is 0 Å². The predicted octanol–water partition coefficient (Wildman–Crippen LogP) is 9.63. The lowest BCUT2D eigenvalue weighted by Gasteiger charge is -2.16. The largest absolute Gasteiger partial charge is 0.263 e. The Bertz CT molecular complexity index is 2060. The Kier molecular flexibility index (Phi) is 3.86. The van der Waals surface area contributed by atoms with Crippen molar-refractivity contribution in [1.29, 1.82) is 0 Å². The summed E-state index contributed by atoms with van der Waals surface area (Å²) in [5, 5.41) is 10.3. The number of pyridine rings is 1. The molecule has 0 spiro atoms. The van der Waals surface area contributed by atoms with Crippen LogP contribution in [-0.4, -0.2) is 4.98 Å². The van der Waals surface area contributed by atoms with E-state index in [1.165, 1.54) is 87.6 Å². The lowest BCUT2D eigenvalue weighted by Crippen LogP contribution is -1.90. The molecule has 0 unspecified atom stereocenters. The molecule has 0 radical (unpaired) electrons. The maximum Gasteiger partial charge on any atom is 0.0353 e. The zero-order valence-corrected chi connectivity index (χ0v) is 20.3. The molecule has 8 rings (SSSR count). The molecule has 1 aliphatic carbocycles. The third-order valence-corrected chi connectivity index (χ3v) is 8.04. The van der Waals surface area contributed by atoms with Gasteiger partial charge in [0.25, 0.3) is 0 Å². The summed E-state index contributed by atoms with van der Waals surface area (Å²) in [7, 11) is 0. The monoisotopic (exact) mass is 457 g/mol. The predicted molar refractivity (Wildman–Crippen MR) is 154 cm³/mol. The Hall–Kier alpha value is -4.49. The minimum Gasteiger partial charge on any atom is -0.263 e. The highest BCUT2D eigenvalue weighted by Gasteiger charge is 2.25. The SMILES string of the molecule is Cc1ccc2c(c1)c(-c1cncc3ccccc13)cc1c3ccc(C)c4c3c(cc21)-c1ccccc1-4. The third-order valence-electron chi connectivity index (χ3n) is 8.04. The third kappa shape index (κ3) is 2.52. The van der Waals surface area contributed by atoms with Gasteiger partial charge in [-0.1, -0.05) is 84.4 Å². The highest BCUT2D eigenvalue weighted by Crippen LogP contribution is 2.52. The summed E-state index contributed by atoms with van der Waals surface area (Å²) in [4.78, 5) is 4.64. The van der Waals surface area contributed by atoms with E-state index < -0.39 is 0 Å². The van der Waals surface area contributed by atoms with Gasteiger partial charge in [0, 0.05) is 23.3 Å². The fourth-order valence-electron chi connectivity index (χ4n) is 6.42. The molecule has 168 valence electrons. The quantitative estimate of drug-likeness (QED) is 0.224. The molecular weight excluding hydrogens is 434 g/mol. The minimum atomic E-state index is 1.17. The number of nitrogens with zero attached hydrogens (tertiary/aromatic N) is 1. The Labute approximate surface area is 209 Å². The molecule has 6 aromatic carbocycles. The first kappa shape index (κ1) is 19.8. The van der Waals surface area contributed by atoms with Crippen molar-refractivity contribution in [3.05, 3.63) is 115 Å². The number of rotatable bonds is 1. The fourth-order valence-corrected chi connectivity index (χ4v) is 6.42. The highest BCUT2D eigenvalue weighted by atomic mass is 14.6. The van der Waals surface area contributed by atoms with Gasteiger partial charge in [0.1, 0.15) is 0 Å². The average Bonchev–Trinajstić information content (AvgIpc) is 3.25. The zero-order chi connectivity index (χ0) is 24.0. The van der Waals surface area contributed by atoms with Crippen LogP contribution in [-0.2, 0) is 0 Å². The van der Waals surface area contributed by atoms with E-state index in [9.17, 15) is 0 Å². The van der Waals surface area contributed by atoms with E-state index in [1.54, 1.807) is 0 Å². The number of hydrogen-bond donors (Lipinski definition) is 0. The molecule has 0 bridgehead atoms. The summed E-state index contributed by atoms with van der Waals surface area (Å²) in [6.45, 7) is 4.42. The van der Waals surface area contributed by atoms with Crippen molar-refractivity contribution in [1.82, 2.24) is 4.98 Å². The van der Waals surface area contributed by atoms with Crippen molar-refractivity contribution < 1.29 is 0 Å². The Morgan fingerprint density at radius 2 is 1.22 bits per heavy atom. The molecule has 36 heavy (non-hydrogen) atoms. The fraction of sp³-hybridized carbons (Fsp3) is 0.0571. The van der Waals surface area contributed by atoms with E-state index in [0.29, 0.717) is 0 Å². The van der Waals surface area contributed by atoms with Gasteiger partial charge in [-0.3, -0.25) is 4.98 Å². The first-order chi connectivity index (χ1) is 17.7. The Morgan fingerprint density at radius 1 is 0.472 bits per heavy atom. The normalized spacial score (nSPS) is 12.2. The van der Waals surface area contributed by atoms with Crippen molar-refractivity contribution >= 4 is 43.1 Å². The van der Waals surface area contributed by atoms with Gasteiger partial charge in [-0.05, 0) is 97.1 Å². The van der Waals surface area contributed by atoms with Gasteiger partial charge >= 0.3 is 0 Å². The molecule has 1 nitrogen and oxygen atoms in total. The van der Waals surface area contributed by atoms with Gasteiger partial charge in [0.15, 0.2) is 0 Å². The molecule has 1 aromatic heterocycles. The lowest BCUT2D eigenvalue weighted by molar-refractivity contribution is 1.36. The van der Waals surface area contributed by atoms with Crippen molar-refractivity contribution in [3.8, 4) is 33.4 Å². The number of benzene rings is 6. The lowest BCUT2D eigenvalue weighted by atomic mass is 9.87. The second-order valence-electron chi connectivity index (χ2n) is 10.1. The summed E-state index contributed by atoms with van der Waals surface area (Å²) in [6.07, 6.45) is 4.00. The highest BCUT2D eigenvalue weighted by molar-refractivity contribution is 6.29. The molecule has 1 aliphatic rings. The van der Waals surface area contributed by atoms with Crippen LogP contribution in [0.5, 0.6) is 0 Å². The van der Waals surface area contributed by atoms with Crippen molar-refractivity contribution in [2.75, 3.05) is 0 Å². The van der Waals surface area contributed by atoms with E-state index in [2.05, 4.69) is 110 Å². The van der Waals surface area contributed by atoms with Crippen LogP contribution in [0.4, 0.5) is 0 Å². The standard InChI is InChI=1S/C35H23N/c1-20-11-13-25-28(15-20)31(33-19-36-18-22-7-3-4-8-23(22)33)16-30-27-14-12-21(2)34-26-10-6-5-9-24(26)32(35(27)34)17-29(25)30/h3-19H,1-2H3. The van der Waals surface area contributed by atoms with Crippen LogP contribution in [0.15, 0.2) is 103 Å². The van der Waals surface area contributed by atoms with Crippen molar-refractivity contribution in [2.45, 2.75) is 13.8 Å². The van der Waals surface area contributed by atoms with Crippen LogP contribution >= 0.6 is 0 Å². The van der Waals surface area contributed by atoms with Gasteiger partial charge in [-0.15, -0.1) is 0 Å². The van der Waals surface area contributed by atoms with E-state index >= 15 is 0 Å². The molecule has 0 N–H and O–H groups in total. The molecule has 1 heterocycles. The topological polar surface area (TPSA) is 12.9 Å². The summed E-state index contributed by atoms with van der Waals surface area (Å²) in [5.74, 6) is 0. The molecule has 1 heteroatoms. The minimum absolute atomic E-state index is 1.17. The zero-order valence-electron chi connectivity index (χ0n) is 20.3. The molecule has 0 saturated heterocycles. The van der Waals surface area contributed by atoms with Gasteiger partial charge in [-0.2, -0.15) is 0 Å². The molecule has 7 aromatic rings. The molecule has 0 aliphatic heterocycles. The maximum atomic E-state index is 4.64. The summed E-state index contributed by atoms with van der Waals surface area (Å²) in [6, 6.07) is 33.8. The van der Waals surface area contributed by atoms with Gasteiger partial charge in [0.2, 0.25) is 0 Å². The summed E-state index contributed by atoms with van der Waals surface area (Å²) >= 11 is 0. The Balaban J connectivity index is 1.60. The van der Waals surface area contributed by atoms with Crippen LogP contribution < -0.4 is 0 Å². The van der Waals surface area contributed by atoms with E-state index in [0.717, 1.165) is 0 Å². The average molecular weight is 458 g/mol. The second-order valence-corrected chi connectivity index (χ2v) is 10.1. The van der Waals surface area contributed by atoms with Gasteiger partial charge in [-0.25, -0.2) is 0 Å². The van der Waals surface area contributed by atoms with Gasteiger partial charge < -0.3 is 0 Å². The number of aromatic nitrogens is 1. The van der Waals surface area contributed by atoms with E-state index in [1.807, 2.05) is 12.4 Å². The maximum absolute atomic E-state index is 4.64. The number of hydrogen-bond acceptors (Lipinski definition) is 1. The van der Waals surface area contributed by atoms with Crippen LogP contribution in [0, 0.1) is 13.8 Å². The molecule has 0 fully saturated rings. The van der Waals surface area contributed by atoms with Gasteiger partial charge in [0.05, 0.1) is 0 Å². The molecule has 0 amide bonds. The number of fused-ring (bicyclic) bond motifs is 8. The van der Waals surface area contributed by atoms with Crippen molar-refractivity contribution in [3.63, 3.8) is 0 Å². The number of aryl methyl sites for hydroxylation is 2. The second kappa shape index (κ2) is 7.02. The van der Waals surface area contributed by atoms with Crippen LogP contribution in [0.2, 0.25) is 0 Å². The molecule has 0 atom stereocenters. The van der Waals surface area contributed by atoms with Crippen LogP contribution in [0.25, 0.3) is 76.5 Å². The van der Waals surface area contributed by atoms with Crippen molar-refractivity contribution in [2.24, 2.45) is 0 Å². The molecular formula is C35H23N. The first-order valence-corrected chi connectivity index (χ1v) is 12.6. The first-order valence-electron chi connectivity index (χ1n) is 12.6. The Morgan fingerprint density at radius 3 is 2.14 bits per heavy atom. The smallest absolute Gasteiger partial charge is 0.0353 e. The summed E-state index contributed by atoms with van der Waals surface area (Å²) in [5.41, 5.74) is 10.5. The summed E-state index contributed by atoms with van der Waals surface area (Å²) < 4.78 is 0. The van der Waals surface area contributed by atoms with Crippen LogP contribution in [0.3, 0.4) is 0 Å². The molecule has 0 saturated carbocycles. The van der Waals surface area contributed by atoms with E-state index in [4.69, 9.17) is 0 Å². The van der Waals surface area contributed by atoms with Crippen LogP contribution in [0.1, 0.15) is 11.1 Å².